The molecule has 0 radical (unpaired) electrons. The predicted octanol–water partition coefficient (Wildman–Crippen LogP) is 1.97. The minimum Gasteiger partial charge on any atom is -0.493 e. The van der Waals surface area contributed by atoms with Gasteiger partial charge in [-0.2, -0.15) is 0 Å². The first-order valence-electron chi connectivity index (χ1n) is 8.30. The predicted molar refractivity (Wildman–Crippen MR) is 93.2 cm³/mol. The first kappa shape index (κ1) is 19.6. The van der Waals surface area contributed by atoms with Gasteiger partial charge in [0.05, 0.1) is 39.2 Å². The normalized spacial score (nSPS) is 14.1. The molecule has 26 heavy (non-hydrogen) atoms. The highest BCUT2D eigenvalue weighted by molar-refractivity contribution is 6.53. The SMILES string of the molecule is CCCCOC(=O)C(C)N1C(=O)C(=O)c2c1cc(OC)c(OC)c2OC. The molecule has 0 saturated carbocycles. The van der Waals surface area contributed by atoms with Gasteiger partial charge in [0.25, 0.3) is 11.7 Å². The molecule has 0 aliphatic carbocycles. The van der Waals surface area contributed by atoms with Crippen molar-refractivity contribution >= 4 is 23.3 Å². The van der Waals surface area contributed by atoms with Gasteiger partial charge in [-0.25, -0.2) is 4.79 Å². The van der Waals surface area contributed by atoms with E-state index in [1.165, 1.54) is 34.3 Å². The number of hydrogen-bond acceptors (Lipinski definition) is 7. The van der Waals surface area contributed by atoms with Crippen molar-refractivity contribution in [2.24, 2.45) is 0 Å². The first-order chi connectivity index (χ1) is 12.4. The lowest BCUT2D eigenvalue weighted by Crippen LogP contribution is -2.43. The Morgan fingerprint density at radius 1 is 1.12 bits per heavy atom. The summed E-state index contributed by atoms with van der Waals surface area (Å²) in [5.41, 5.74) is 0.276. The minimum absolute atomic E-state index is 0.0448. The van der Waals surface area contributed by atoms with Gasteiger partial charge in [-0.05, 0) is 13.3 Å². The molecule has 0 bridgehead atoms. The number of fused-ring (bicyclic) bond motifs is 1. The van der Waals surface area contributed by atoms with E-state index in [0.717, 1.165) is 17.7 Å². The minimum atomic E-state index is -0.965. The van der Waals surface area contributed by atoms with Crippen molar-refractivity contribution in [3.8, 4) is 17.2 Å². The number of nitrogens with zero attached hydrogens (tertiary/aromatic N) is 1. The molecule has 8 heteroatoms. The number of rotatable bonds is 8. The molecule has 2 rings (SSSR count). The van der Waals surface area contributed by atoms with Crippen LogP contribution in [0.2, 0.25) is 0 Å². The Morgan fingerprint density at radius 3 is 2.31 bits per heavy atom. The number of benzene rings is 1. The van der Waals surface area contributed by atoms with E-state index in [2.05, 4.69) is 0 Å². The number of methoxy groups -OCH3 is 3. The molecule has 8 nitrogen and oxygen atoms in total. The summed E-state index contributed by atoms with van der Waals surface area (Å²) in [5.74, 6) is -1.60. The van der Waals surface area contributed by atoms with Crippen LogP contribution < -0.4 is 19.1 Å². The molecule has 1 unspecified atom stereocenters. The summed E-state index contributed by atoms with van der Waals surface area (Å²) < 4.78 is 21.0. The van der Waals surface area contributed by atoms with Crippen molar-refractivity contribution in [2.45, 2.75) is 32.7 Å². The smallest absolute Gasteiger partial charge is 0.328 e. The Morgan fingerprint density at radius 2 is 1.77 bits per heavy atom. The van der Waals surface area contributed by atoms with Crippen molar-refractivity contribution in [1.29, 1.82) is 0 Å². The van der Waals surface area contributed by atoms with Crippen LogP contribution in [0.1, 0.15) is 37.0 Å². The van der Waals surface area contributed by atoms with Gasteiger partial charge in [-0.1, -0.05) is 13.3 Å². The second kappa shape index (κ2) is 8.07. The number of Topliss-reactive ketones (excluding diaryl/α,β-unsaturated/α-hetero) is 1. The fourth-order valence-electron chi connectivity index (χ4n) is 2.81. The third kappa shape index (κ3) is 3.18. The van der Waals surface area contributed by atoms with E-state index >= 15 is 0 Å². The van der Waals surface area contributed by atoms with E-state index in [-0.39, 0.29) is 35.1 Å². The average Bonchev–Trinajstić information content (AvgIpc) is 2.89. The van der Waals surface area contributed by atoms with Crippen LogP contribution in [0.25, 0.3) is 0 Å². The Labute approximate surface area is 152 Å². The number of esters is 1. The summed E-state index contributed by atoms with van der Waals surface area (Å²) in [6.07, 6.45) is 1.60. The third-order valence-corrected chi connectivity index (χ3v) is 4.18. The maximum atomic E-state index is 12.5. The van der Waals surface area contributed by atoms with Crippen molar-refractivity contribution < 1.29 is 33.3 Å². The number of amides is 1. The first-order valence-corrected chi connectivity index (χ1v) is 8.30. The lowest BCUT2D eigenvalue weighted by Gasteiger charge is -2.24. The lowest BCUT2D eigenvalue weighted by molar-refractivity contribution is -0.145. The molecule has 1 aliphatic heterocycles. The Bertz CT molecular complexity index is 729. The zero-order valence-electron chi connectivity index (χ0n) is 15.6. The van der Waals surface area contributed by atoms with Gasteiger partial charge in [0.2, 0.25) is 5.75 Å². The fraction of sp³-hybridized carbons (Fsp3) is 0.500. The van der Waals surface area contributed by atoms with Gasteiger partial charge in [0, 0.05) is 6.07 Å². The summed E-state index contributed by atoms with van der Waals surface area (Å²) in [4.78, 5) is 38.5. The lowest BCUT2D eigenvalue weighted by atomic mass is 10.1. The van der Waals surface area contributed by atoms with E-state index in [4.69, 9.17) is 18.9 Å². The van der Waals surface area contributed by atoms with Crippen LogP contribution in [0.15, 0.2) is 6.07 Å². The van der Waals surface area contributed by atoms with Gasteiger partial charge < -0.3 is 18.9 Å². The van der Waals surface area contributed by atoms with Crippen LogP contribution in [-0.2, 0) is 14.3 Å². The van der Waals surface area contributed by atoms with E-state index in [1.54, 1.807) is 0 Å². The van der Waals surface area contributed by atoms with Crippen LogP contribution in [0, 0.1) is 0 Å². The van der Waals surface area contributed by atoms with Gasteiger partial charge >= 0.3 is 5.97 Å². The summed E-state index contributed by atoms with van der Waals surface area (Å²) in [6.45, 7) is 3.75. The molecule has 1 amide bonds. The van der Waals surface area contributed by atoms with Gasteiger partial charge in [-0.3, -0.25) is 14.5 Å². The molecule has 0 aromatic heterocycles. The number of carbonyl (C=O) groups is 3. The number of anilines is 1. The third-order valence-electron chi connectivity index (χ3n) is 4.18. The number of carbonyl (C=O) groups excluding carboxylic acids is 3. The summed E-state index contributed by atoms with van der Waals surface area (Å²) in [6, 6.07) is 0.516. The standard InChI is InChI=1S/C18H23NO7/c1-6-7-8-26-18(22)10(2)19-11-9-12(23-3)15(24-4)16(25-5)13(11)14(20)17(19)21/h9-10H,6-8H2,1-5H3. The van der Waals surface area contributed by atoms with Crippen molar-refractivity contribution in [3.63, 3.8) is 0 Å². The number of ether oxygens (including phenoxy) is 4. The molecule has 0 saturated heterocycles. The summed E-state index contributed by atoms with van der Waals surface area (Å²) in [5, 5.41) is 0. The second-order valence-electron chi connectivity index (χ2n) is 5.74. The van der Waals surface area contributed by atoms with E-state index in [1.807, 2.05) is 6.92 Å². The molecule has 0 fully saturated rings. The van der Waals surface area contributed by atoms with Gasteiger partial charge in [0.15, 0.2) is 11.5 Å². The van der Waals surface area contributed by atoms with Crippen LogP contribution in [-0.4, -0.2) is 51.6 Å². The number of unbranched alkanes of at least 4 members (excludes halogenated alkanes) is 1. The van der Waals surface area contributed by atoms with Crippen molar-refractivity contribution in [1.82, 2.24) is 0 Å². The molecule has 142 valence electrons. The fourth-order valence-corrected chi connectivity index (χ4v) is 2.81. The molecule has 1 aromatic carbocycles. The van der Waals surface area contributed by atoms with Gasteiger partial charge in [0.1, 0.15) is 6.04 Å². The monoisotopic (exact) mass is 365 g/mol. The number of ketones is 1. The Hall–Kier alpha value is -2.77. The maximum absolute atomic E-state index is 12.5. The second-order valence-corrected chi connectivity index (χ2v) is 5.74. The molecule has 1 heterocycles. The number of hydrogen-bond donors (Lipinski definition) is 0. The Balaban J connectivity index is 2.49. The maximum Gasteiger partial charge on any atom is 0.328 e. The summed E-state index contributed by atoms with van der Waals surface area (Å²) in [7, 11) is 4.19. The van der Waals surface area contributed by atoms with E-state index in [9.17, 15) is 14.4 Å². The zero-order valence-corrected chi connectivity index (χ0v) is 15.6. The molecule has 1 aromatic rings. The highest BCUT2D eigenvalue weighted by Crippen LogP contribution is 2.48. The van der Waals surface area contributed by atoms with E-state index in [0.29, 0.717) is 0 Å². The molecule has 0 N–H and O–H groups in total. The van der Waals surface area contributed by atoms with Crippen LogP contribution in [0.3, 0.4) is 0 Å². The van der Waals surface area contributed by atoms with Crippen LogP contribution in [0.4, 0.5) is 5.69 Å². The molecular formula is C18H23NO7. The van der Waals surface area contributed by atoms with Gasteiger partial charge in [-0.15, -0.1) is 0 Å². The Kier molecular flexibility index (Phi) is 6.07. The highest BCUT2D eigenvalue weighted by Gasteiger charge is 2.45. The summed E-state index contributed by atoms with van der Waals surface area (Å²) >= 11 is 0. The average molecular weight is 365 g/mol. The highest BCUT2D eigenvalue weighted by atomic mass is 16.5. The van der Waals surface area contributed by atoms with Crippen molar-refractivity contribution in [2.75, 3.05) is 32.8 Å². The van der Waals surface area contributed by atoms with Crippen LogP contribution >= 0.6 is 0 Å². The van der Waals surface area contributed by atoms with Crippen molar-refractivity contribution in [3.05, 3.63) is 11.6 Å². The largest absolute Gasteiger partial charge is 0.493 e. The molecule has 1 aliphatic rings. The topological polar surface area (TPSA) is 91.4 Å². The van der Waals surface area contributed by atoms with Crippen LogP contribution in [0.5, 0.6) is 17.2 Å². The zero-order chi connectivity index (χ0) is 19.4. The van der Waals surface area contributed by atoms with E-state index < -0.39 is 23.7 Å². The molecule has 1 atom stereocenters. The quantitative estimate of drug-likeness (QED) is 0.395. The molecular weight excluding hydrogens is 342 g/mol. The molecule has 0 spiro atoms.